The van der Waals surface area contributed by atoms with E-state index in [0.717, 1.165) is 12.1 Å². The molecule has 0 heterocycles. The maximum atomic E-state index is 11.8. The van der Waals surface area contributed by atoms with Crippen molar-refractivity contribution in [2.24, 2.45) is 0 Å². The van der Waals surface area contributed by atoms with Crippen molar-refractivity contribution in [2.75, 3.05) is 11.9 Å². The zero-order valence-corrected chi connectivity index (χ0v) is 11.3. The number of aryl methyl sites for hydroxylation is 1. The van der Waals surface area contributed by atoms with Crippen LogP contribution in [0.1, 0.15) is 25.8 Å². The van der Waals surface area contributed by atoms with Gasteiger partial charge in [0.25, 0.3) is 0 Å². The van der Waals surface area contributed by atoms with E-state index in [1.165, 1.54) is 0 Å². The van der Waals surface area contributed by atoms with Crippen LogP contribution in [0.5, 0.6) is 0 Å². The first-order valence-electron chi connectivity index (χ1n) is 5.83. The first kappa shape index (κ1) is 14.0. The fraction of sp³-hybridized carbons (Fsp3) is 0.462. The van der Waals surface area contributed by atoms with Crippen LogP contribution >= 0.6 is 11.6 Å². The van der Waals surface area contributed by atoms with E-state index < -0.39 is 0 Å². The third-order valence-corrected chi connectivity index (χ3v) is 2.85. The first-order valence-corrected chi connectivity index (χ1v) is 6.20. The Labute approximate surface area is 108 Å². The quantitative estimate of drug-likeness (QED) is 0.848. The number of carbonyl (C=O) groups is 1. The smallest absolute Gasteiger partial charge is 0.225 e. The van der Waals surface area contributed by atoms with Crippen LogP contribution in [0.4, 0.5) is 5.69 Å². The average molecular weight is 255 g/mol. The Morgan fingerprint density at radius 3 is 2.76 bits per heavy atom. The molecular weight excluding hydrogens is 236 g/mol. The van der Waals surface area contributed by atoms with Gasteiger partial charge in [-0.1, -0.05) is 30.7 Å². The third-order valence-electron chi connectivity index (χ3n) is 2.53. The molecule has 0 spiro atoms. The lowest BCUT2D eigenvalue weighted by Gasteiger charge is -2.14. The Hall–Kier alpha value is -1.06. The van der Waals surface area contributed by atoms with Crippen molar-refractivity contribution in [3.63, 3.8) is 0 Å². The van der Waals surface area contributed by atoms with Gasteiger partial charge >= 0.3 is 0 Å². The molecule has 1 unspecified atom stereocenters. The van der Waals surface area contributed by atoms with E-state index >= 15 is 0 Å². The fourth-order valence-electron chi connectivity index (χ4n) is 1.68. The molecule has 3 nitrogen and oxygen atoms in total. The molecule has 0 aromatic heterocycles. The predicted octanol–water partition coefficient (Wildman–Crippen LogP) is 2.98. The van der Waals surface area contributed by atoms with E-state index in [2.05, 4.69) is 10.6 Å². The molecule has 1 aromatic carbocycles. The number of halogens is 1. The summed E-state index contributed by atoms with van der Waals surface area (Å²) >= 11 is 6.04. The van der Waals surface area contributed by atoms with Crippen LogP contribution in [-0.2, 0) is 4.79 Å². The van der Waals surface area contributed by atoms with Crippen LogP contribution in [0.2, 0.25) is 5.02 Å². The lowest BCUT2D eigenvalue weighted by Crippen LogP contribution is -2.30. The molecule has 1 amide bonds. The summed E-state index contributed by atoms with van der Waals surface area (Å²) in [5.41, 5.74) is 1.69. The molecule has 0 saturated carbocycles. The summed E-state index contributed by atoms with van der Waals surface area (Å²) in [7, 11) is 0. The van der Waals surface area contributed by atoms with Gasteiger partial charge in [-0.05, 0) is 32.0 Å². The zero-order valence-electron chi connectivity index (χ0n) is 10.5. The standard InChI is InChI=1S/C13H19ClN2O/c1-4-15-10(3)8-12(17)16-13-9(2)6-5-7-11(13)14/h5-7,10,15H,4,8H2,1-3H3,(H,16,17). The van der Waals surface area contributed by atoms with Crippen LogP contribution in [0.15, 0.2) is 18.2 Å². The van der Waals surface area contributed by atoms with E-state index in [1.807, 2.05) is 32.9 Å². The van der Waals surface area contributed by atoms with Crippen molar-refractivity contribution < 1.29 is 4.79 Å². The number of carbonyl (C=O) groups excluding carboxylic acids is 1. The molecule has 17 heavy (non-hydrogen) atoms. The Balaban J connectivity index is 2.62. The normalized spacial score (nSPS) is 12.2. The van der Waals surface area contributed by atoms with E-state index in [1.54, 1.807) is 6.07 Å². The molecular formula is C13H19ClN2O. The van der Waals surface area contributed by atoms with Crippen LogP contribution in [0.25, 0.3) is 0 Å². The second-order valence-corrected chi connectivity index (χ2v) is 4.55. The molecule has 1 atom stereocenters. The molecule has 0 radical (unpaired) electrons. The zero-order chi connectivity index (χ0) is 12.8. The molecule has 4 heteroatoms. The summed E-state index contributed by atoms with van der Waals surface area (Å²) in [6.07, 6.45) is 0.443. The summed E-state index contributed by atoms with van der Waals surface area (Å²) in [4.78, 5) is 11.8. The number of hydrogen-bond acceptors (Lipinski definition) is 2. The van der Waals surface area contributed by atoms with Gasteiger partial charge in [0, 0.05) is 12.5 Å². The molecule has 0 bridgehead atoms. The van der Waals surface area contributed by atoms with Gasteiger partial charge in [0.1, 0.15) is 0 Å². The Bertz CT molecular complexity index is 373. The molecule has 0 aliphatic rings. The molecule has 1 aromatic rings. The highest BCUT2D eigenvalue weighted by molar-refractivity contribution is 6.33. The number of benzene rings is 1. The Morgan fingerprint density at radius 2 is 2.18 bits per heavy atom. The first-order chi connectivity index (χ1) is 8.04. The van der Waals surface area contributed by atoms with Gasteiger partial charge in [-0.2, -0.15) is 0 Å². The van der Waals surface area contributed by atoms with Gasteiger partial charge in [-0.15, -0.1) is 0 Å². The van der Waals surface area contributed by atoms with Gasteiger partial charge in [0.05, 0.1) is 10.7 Å². The molecule has 0 aliphatic heterocycles. The average Bonchev–Trinajstić information content (AvgIpc) is 2.24. The van der Waals surface area contributed by atoms with Crippen molar-refractivity contribution in [2.45, 2.75) is 33.2 Å². The minimum absolute atomic E-state index is 0.0188. The highest BCUT2D eigenvalue weighted by atomic mass is 35.5. The van der Waals surface area contributed by atoms with E-state index in [-0.39, 0.29) is 11.9 Å². The van der Waals surface area contributed by atoms with Crippen molar-refractivity contribution in [1.29, 1.82) is 0 Å². The van der Waals surface area contributed by atoms with Gasteiger partial charge < -0.3 is 10.6 Å². The fourth-order valence-corrected chi connectivity index (χ4v) is 1.95. The van der Waals surface area contributed by atoms with Gasteiger partial charge in [-0.3, -0.25) is 4.79 Å². The second-order valence-electron chi connectivity index (χ2n) is 4.14. The van der Waals surface area contributed by atoms with Gasteiger partial charge in [0.15, 0.2) is 0 Å². The number of amides is 1. The number of anilines is 1. The minimum atomic E-state index is -0.0188. The van der Waals surface area contributed by atoms with Crippen molar-refractivity contribution in [3.05, 3.63) is 28.8 Å². The third kappa shape index (κ3) is 4.36. The predicted molar refractivity (Wildman–Crippen MR) is 72.6 cm³/mol. The lowest BCUT2D eigenvalue weighted by molar-refractivity contribution is -0.116. The van der Waals surface area contributed by atoms with Crippen molar-refractivity contribution >= 4 is 23.2 Å². The largest absolute Gasteiger partial charge is 0.325 e. The number of rotatable bonds is 5. The van der Waals surface area contributed by atoms with Gasteiger partial charge in [-0.25, -0.2) is 0 Å². The van der Waals surface area contributed by atoms with Crippen LogP contribution < -0.4 is 10.6 Å². The monoisotopic (exact) mass is 254 g/mol. The lowest BCUT2D eigenvalue weighted by atomic mass is 10.2. The van der Waals surface area contributed by atoms with Crippen molar-refractivity contribution in [3.8, 4) is 0 Å². The summed E-state index contributed by atoms with van der Waals surface area (Å²) in [6.45, 7) is 6.80. The second kappa shape index (κ2) is 6.62. The van der Waals surface area contributed by atoms with E-state index in [9.17, 15) is 4.79 Å². The Morgan fingerprint density at radius 1 is 1.47 bits per heavy atom. The van der Waals surface area contributed by atoms with Crippen molar-refractivity contribution in [1.82, 2.24) is 5.32 Å². The maximum Gasteiger partial charge on any atom is 0.225 e. The summed E-state index contributed by atoms with van der Waals surface area (Å²) in [5.74, 6) is -0.0188. The van der Waals surface area contributed by atoms with Crippen LogP contribution in [0, 0.1) is 6.92 Å². The highest BCUT2D eigenvalue weighted by Gasteiger charge is 2.11. The van der Waals surface area contributed by atoms with Crippen LogP contribution in [-0.4, -0.2) is 18.5 Å². The van der Waals surface area contributed by atoms with E-state index in [4.69, 9.17) is 11.6 Å². The number of para-hydroxylation sites is 1. The molecule has 0 saturated heterocycles. The highest BCUT2D eigenvalue weighted by Crippen LogP contribution is 2.25. The maximum absolute atomic E-state index is 11.8. The minimum Gasteiger partial charge on any atom is -0.325 e. The molecule has 2 N–H and O–H groups in total. The number of nitrogens with one attached hydrogen (secondary N) is 2. The summed E-state index contributed by atoms with van der Waals surface area (Å²) in [6, 6.07) is 5.74. The topological polar surface area (TPSA) is 41.1 Å². The SMILES string of the molecule is CCNC(C)CC(=O)Nc1c(C)cccc1Cl. The van der Waals surface area contributed by atoms with E-state index in [0.29, 0.717) is 17.1 Å². The molecule has 1 rings (SSSR count). The Kier molecular flexibility index (Phi) is 5.45. The molecule has 0 fully saturated rings. The van der Waals surface area contributed by atoms with Crippen LogP contribution in [0.3, 0.4) is 0 Å². The molecule has 94 valence electrons. The molecule has 0 aliphatic carbocycles. The summed E-state index contributed by atoms with van der Waals surface area (Å²) in [5, 5.41) is 6.63. The number of hydrogen-bond donors (Lipinski definition) is 2. The summed E-state index contributed by atoms with van der Waals surface area (Å²) < 4.78 is 0. The van der Waals surface area contributed by atoms with Gasteiger partial charge in [0.2, 0.25) is 5.91 Å².